The van der Waals surface area contributed by atoms with Crippen LogP contribution in [0.15, 0.2) is 42.5 Å². The maximum Gasteiger partial charge on any atom is 0.0475 e. The number of benzene rings is 2. The molecule has 1 heterocycles. The molecule has 2 nitrogen and oxygen atoms in total. The molecule has 1 aliphatic rings. The fourth-order valence-corrected chi connectivity index (χ4v) is 4.04. The van der Waals surface area contributed by atoms with Gasteiger partial charge in [0.15, 0.2) is 0 Å². The Hall–Kier alpha value is -1.64. The van der Waals surface area contributed by atoms with Crippen LogP contribution >= 0.6 is 0 Å². The summed E-state index contributed by atoms with van der Waals surface area (Å²) < 4.78 is 5.63. The van der Waals surface area contributed by atoms with Gasteiger partial charge in [-0.1, -0.05) is 48.0 Å². The van der Waals surface area contributed by atoms with Crippen molar-refractivity contribution in [2.45, 2.75) is 45.6 Å². The second-order valence-corrected chi connectivity index (χ2v) is 7.24. The molecule has 0 spiro atoms. The highest BCUT2D eigenvalue weighted by Gasteiger charge is 2.33. The van der Waals surface area contributed by atoms with Crippen molar-refractivity contribution in [1.82, 2.24) is 5.32 Å². The molecule has 2 aromatic carbocycles. The van der Waals surface area contributed by atoms with Gasteiger partial charge < -0.3 is 10.1 Å². The average molecular weight is 323 g/mol. The zero-order chi connectivity index (χ0) is 17.0. The van der Waals surface area contributed by atoms with Crippen LogP contribution in [0.5, 0.6) is 0 Å². The van der Waals surface area contributed by atoms with Crippen LogP contribution in [0, 0.1) is 20.8 Å². The predicted molar refractivity (Wildman–Crippen MR) is 101 cm³/mol. The van der Waals surface area contributed by atoms with Crippen molar-refractivity contribution in [2.75, 3.05) is 19.8 Å². The summed E-state index contributed by atoms with van der Waals surface area (Å²) >= 11 is 0. The summed E-state index contributed by atoms with van der Waals surface area (Å²) in [4.78, 5) is 0. The number of ether oxygens (including phenoxy) is 1. The second-order valence-electron chi connectivity index (χ2n) is 7.24. The molecule has 3 rings (SSSR count). The molecular formula is C22H29NO. The van der Waals surface area contributed by atoms with E-state index in [1.807, 2.05) is 0 Å². The first-order valence-corrected chi connectivity index (χ1v) is 9.01. The minimum Gasteiger partial charge on any atom is -0.381 e. The van der Waals surface area contributed by atoms with Crippen LogP contribution in [0.3, 0.4) is 0 Å². The molecule has 1 aliphatic heterocycles. The van der Waals surface area contributed by atoms with Gasteiger partial charge in [0.2, 0.25) is 0 Å². The predicted octanol–water partition coefficient (Wildman–Crippen LogP) is 4.45. The number of aryl methyl sites for hydroxylation is 3. The minimum atomic E-state index is 0.200. The monoisotopic (exact) mass is 323 g/mol. The molecule has 2 aromatic rings. The quantitative estimate of drug-likeness (QED) is 0.878. The summed E-state index contributed by atoms with van der Waals surface area (Å²) in [5, 5.41) is 3.76. The molecule has 0 aliphatic carbocycles. The van der Waals surface area contributed by atoms with Crippen LogP contribution in [0.25, 0.3) is 0 Å². The summed E-state index contributed by atoms with van der Waals surface area (Å²) in [6.45, 7) is 10.3. The number of hydrogen-bond acceptors (Lipinski definition) is 2. The standard InChI is InChI=1S/C22H29NO/c1-17-13-18(2)21(19(3)14-17)15-23-16-22(9-11-24-12-10-22)20-7-5-4-6-8-20/h4-8,13-14,23H,9-12,15-16H2,1-3H3. The van der Waals surface area contributed by atoms with E-state index in [9.17, 15) is 0 Å². The summed E-state index contributed by atoms with van der Waals surface area (Å²) in [6, 6.07) is 15.5. The molecule has 128 valence electrons. The normalized spacial score (nSPS) is 17.0. The Morgan fingerprint density at radius 3 is 2.21 bits per heavy atom. The van der Waals surface area contributed by atoms with Gasteiger partial charge in [-0.3, -0.25) is 0 Å². The Labute approximate surface area is 146 Å². The molecule has 1 saturated heterocycles. The molecule has 1 fully saturated rings. The first-order chi connectivity index (χ1) is 11.6. The summed E-state index contributed by atoms with van der Waals surface area (Å²) in [5.41, 5.74) is 7.21. The number of rotatable bonds is 5. The molecule has 0 aromatic heterocycles. The van der Waals surface area contributed by atoms with Crippen LogP contribution in [0.2, 0.25) is 0 Å². The van der Waals surface area contributed by atoms with Crippen molar-refractivity contribution < 1.29 is 4.74 Å². The second kappa shape index (κ2) is 7.50. The molecule has 0 bridgehead atoms. The molecule has 1 N–H and O–H groups in total. The summed E-state index contributed by atoms with van der Waals surface area (Å²) in [7, 11) is 0. The van der Waals surface area contributed by atoms with E-state index in [-0.39, 0.29) is 5.41 Å². The summed E-state index contributed by atoms with van der Waals surface area (Å²) in [5.74, 6) is 0. The highest BCUT2D eigenvalue weighted by Crippen LogP contribution is 2.34. The Kier molecular flexibility index (Phi) is 5.37. The zero-order valence-electron chi connectivity index (χ0n) is 15.2. The lowest BCUT2D eigenvalue weighted by atomic mass is 9.74. The Balaban J connectivity index is 1.73. The van der Waals surface area contributed by atoms with Crippen LogP contribution in [0.1, 0.15) is 40.7 Å². The van der Waals surface area contributed by atoms with E-state index in [1.54, 1.807) is 0 Å². The van der Waals surface area contributed by atoms with E-state index in [0.29, 0.717) is 0 Å². The minimum absolute atomic E-state index is 0.200. The fraction of sp³-hybridized carbons (Fsp3) is 0.455. The SMILES string of the molecule is Cc1cc(C)c(CNCC2(c3ccccc3)CCOCC2)c(C)c1. The van der Waals surface area contributed by atoms with Crippen LogP contribution in [-0.2, 0) is 16.7 Å². The molecule has 24 heavy (non-hydrogen) atoms. The molecule has 2 heteroatoms. The lowest BCUT2D eigenvalue weighted by molar-refractivity contribution is 0.0497. The Morgan fingerprint density at radius 2 is 1.58 bits per heavy atom. The molecule has 0 atom stereocenters. The third-order valence-electron chi connectivity index (χ3n) is 5.44. The van der Waals surface area contributed by atoms with Gasteiger partial charge in [0.05, 0.1) is 0 Å². The van der Waals surface area contributed by atoms with E-state index >= 15 is 0 Å². The first-order valence-electron chi connectivity index (χ1n) is 9.01. The van der Waals surface area contributed by atoms with Crippen LogP contribution in [-0.4, -0.2) is 19.8 Å². The lowest BCUT2D eigenvalue weighted by Gasteiger charge is -2.38. The Morgan fingerprint density at radius 1 is 0.958 bits per heavy atom. The van der Waals surface area contributed by atoms with E-state index in [4.69, 9.17) is 4.74 Å². The molecular weight excluding hydrogens is 294 g/mol. The van der Waals surface area contributed by atoms with Crippen molar-refractivity contribution in [1.29, 1.82) is 0 Å². The van der Waals surface area contributed by atoms with E-state index in [0.717, 1.165) is 39.1 Å². The maximum absolute atomic E-state index is 5.63. The van der Waals surface area contributed by atoms with Gasteiger partial charge in [-0.15, -0.1) is 0 Å². The number of nitrogens with one attached hydrogen (secondary N) is 1. The van der Waals surface area contributed by atoms with Crippen molar-refractivity contribution in [2.24, 2.45) is 0 Å². The van der Waals surface area contributed by atoms with Gasteiger partial charge in [0.1, 0.15) is 0 Å². The van der Waals surface area contributed by atoms with E-state index in [1.165, 1.54) is 27.8 Å². The zero-order valence-corrected chi connectivity index (χ0v) is 15.2. The van der Waals surface area contributed by atoms with E-state index in [2.05, 4.69) is 68.6 Å². The van der Waals surface area contributed by atoms with Crippen LogP contribution in [0.4, 0.5) is 0 Å². The van der Waals surface area contributed by atoms with Crippen molar-refractivity contribution in [3.05, 3.63) is 70.3 Å². The first kappa shape index (κ1) is 17.2. The molecule has 0 saturated carbocycles. The molecule has 0 amide bonds. The number of hydrogen-bond donors (Lipinski definition) is 1. The third kappa shape index (κ3) is 3.71. The Bertz CT molecular complexity index is 649. The summed E-state index contributed by atoms with van der Waals surface area (Å²) in [6.07, 6.45) is 2.19. The van der Waals surface area contributed by atoms with Gasteiger partial charge in [-0.25, -0.2) is 0 Å². The largest absolute Gasteiger partial charge is 0.381 e. The van der Waals surface area contributed by atoms with Crippen LogP contribution < -0.4 is 5.32 Å². The van der Waals surface area contributed by atoms with Gasteiger partial charge in [0, 0.05) is 31.7 Å². The fourth-order valence-electron chi connectivity index (χ4n) is 4.04. The topological polar surface area (TPSA) is 21.3 Å². The highest BCUT2D eigenvalue weighted by atomic mass is 16.5. The maximum atomic E-state index is 5.63. The third-order valence-corrected chi connectivity index (χ3v) is 5.44. The van der Waals surface area contributed by atoms with Crippen molar-refractivity contribution >= 4 is 0 Å². The molecule has 0 unspecified atom stereocenters. The van der Waals surface area contributed by atoms with Gasteiger partial charge in [-0.05, 0) is 55.9 Å². The van der Waals surface area contributed by atoms with Crippen molar-refractivity contribution in [3.63, 3.8) is 0 Å². The lowest BCUT2D eigenvalue weighted by Crippen LogP contribution is -2.42. The molecule has 0 radical (unpaired) electrons. The smallest absolute Gasteiger partial charge is 0.0475 e. The van der Waals surface area contributed by atoms with Crippen molar-refractivity contribution in [3.8, 4) is 0 Å². The van der Waals surface area contributed by atoms with Gasteiger partial charge in [-0.2, -0.15) is 0 Å². The highest BCUT2D eigenvalue weighted by molar-refractivity contribution is 5.37. The van der Waals surface area contributed by atoms with Gasteiger partial charge in [0.25, 0.3) is 0 Å². The van der Waals surface area contributed by atoms with Gasteiger partial charge >= 0.3 is 0 Å². The average Bonchev–Trinajstić information content (AvgIpc) is 2.59. The van der Waals surface area contributed by atoms with E-state index < -0.39 is 0 Å².